The number of nitro groups is 1. The summed E-state index contributed by atoms with van der Waals surface area (Å²) in [5, 5.41) is 17.2. The molecule has 0 spiro atoms. The molecule has 2 heterocycles. The van der Waals surface area contributed by atoms with E-state index < -0.39 is 20.5 Å². The van der Waals surface area contributed by atoms with Gasteiger partial charge in [-0.05, 0) is 19.9 Å². The smallest absolute Gasteiger partial charge is 0.267 e. The Bertz CT molecular complexity index is 896. The molecule has 0 saturated carbocycles. The number of amides is 1. The number of piperazine rings is 2. The Morgan fingerprint density at radius 3 is 2.76 bits per heavy atom. The third kappa shape index (κ3) is 4.40. The lowest BCUT2D eigenvalue weighted by atomic mass is 9.98. The number of rotatable bonds is 5. The van der Waals surface area contributed by atoms with E-state index in [2.05, 4.69) is 10.6 Å². The van der Waals surface area contributed by atoms with Crippen LogP contribution < -0.4 is 10.6 Å². The van der Waals surface area contributed by atoms with Crippen molar-refractivity contribution in [2.24, 2.45) is 0 Å². The van der Waals surface area contributed by atoms with Gasteiger partial charge in [-0.15, -0.1) is 0 Å². The summed E-state index contributed by atoms with van der Waals surface area (Å²) < 4.78 is 27.6. The number of thiocarbonyl (C=S) groups is 1. The van der Waals surface area contributed by atoms with Crippen molar-refractivity contribution in [1.82, 2.24) is 19.8 Å². The average molecular weight is 444 g/mol. The van der Waals surface area contributed by atoms with Gasteiger partial charge < -0.3 is 10.6 Å². The summed E-state index contributed by atoms with van der Waals surface area (Å²) >= 11 is 5.18. The summed E-state index contributed by atoms with van der Waals surface area (Å²) in [7, 11) is -3.94. The number of nitrogens with zero attached hydrogens (tertiary/aromatic N) is 3. The highest BCUT2D eigenvalue weighted by Crippen LogP contribution is 2.25. The molecule has 10 nitrogen and oxygen atoms in total. The van der Waals surface area contributed by atoms with Crippen molar-refractivity contribution in [1.29, 1.82) is 0 Å². The summed E-state index contributed by atoms with van der Waals surface area (Å²) in [6.07, 6.45) is 2.44. The van der Waals surface area contributed by atoms with Crippen LogP contribution in [0.3, 0.4) is 0 Å². The molecule has 0 aromatic rings. The number of allylic oxidation sites excluding steroid dienone is 3. The quantitative estimate of drug-likeness (QED) is 0.335. The predicted octanol–water partition coefficient (Wildman–Crippen LogP) is -0.381. The molecule has 0 unspecified atom stereocenters. The monoisotopic (exact) mass is 443 g/mol. The number of sulfonamides is 1. The SMILES string of the molecule is CC1(C)C(=O)NCCN1C[C@H]1CN(S(=O)(=O)C2=CC([N+](=O)[O-])=CCC2=S)CCN1. The molecule has 160 valence electrons. The lowest BCUT2D eigenvalue weighted by Crippen LogP contribution is -2.65. The molecule has 2 fully saturated rings. The van der Waals surface area contributed by atoms with E-state index in [4.69, 9.17) is 12.2 Å². The van der Waals surface area contributed by atoms with Crippen molar-refractivity contribution in [3.63, 3.8) is 0 Å². The van der Waals surface area contributed by atoms with Crippen LogP contribution in [0.5, 0.6) is 0 Å². The van der Waals surface area contributed by atoms with E-state index in [0.717, 1.165) is 6.08 Å². The Balaban J connectivity index is 1.76. The van der Waals surface area contributed by atoms with Crippen molar-refractivity contribution in [2.75, 3.05) is 39.3 Å². The number of hydrogen-bond donors (Lipinski definition) is 2. The van der Waals surface area contributed by atoms with Gasteiger partial charge in [-0.1, -0.05) is 12.2 Å². The van der Waals surface area contributed by atoms with Crippen molar-refractivity contribution in [3.05, 3.63) is 32.9 Å². The Morgan fingerprint density at radius 2 is 2.07 bits per heavy atom. The molecule has 3 rings (SSSR count). The topological polar surface area (TPSA) is 125 Å². The number of carbonyl (C=O) groups is 1. The fourth-order valence-electron chi connectivity index (χ4n) is 3.72. The highest BCUT2D eigenvalue weighted by atomic mass is 32.2. The molecule has 2 N–H and O–H groups in total. The van der Waals surface area contributed by atoms with Crippen LogP contribution in [-0.4, -0.2) is 84.2 Å². The fraction of sp³-hybridized carbons (Fsp3) is 0.647. The zero-order valence-electron chi connectivity index (χ0n) is 16.4. The first-order chi connectivity index (χ1) is 13.5. The van der Waals surface area contributed by atoms with Crippen molar-refractivity contribution < 1.29 is 18.1 Å². The van der Waals surface area contributed by atoms with Crippen molar-refractivity contribution in [2.45, 2.75) is 31.8 Å². The zero-order valence-corrected chi connectivity index (χ0v) is 18.0. The first-order valence-electron chi connectivity index (χ1n) is 9.40. The molecule has 2 saturated heterocycles. The van der Waals surface area contributed by atoms with Crippen LogP contribution in [0, 0.1) is 10.1 Å². The molecule has 0 bridgehead atoms. The highest BCUT2D eigenvalue weighted by molar-refractivity contribution is 7.96. The van der Waals surface area contributed by atoms with Crippen molar-refractivity contribution >= 4 is 33.0 Å². The third-order valence-electron chi connectivity index (χ3n) is 5.55. The average Bonchev–Trinajstić information content (AvgIpc) is 2.66. The first-order valence-corrected chi connectivity index (χ1v) is 11.2. The molecule has 0 aromatic carbocycles. The van der Waals surface area contributed by atoms with E-state index in [0.29, 0.717) is 26.2 Å². The van der Waals surface area contributed by atoms with Gasteiger partial charge in [0.15, 0.2) is 0 Å². The van der Waals surface area contributed by atoms with Crippen LogP contribution >= 0.6 is 12.2 Å². The standard InChI is InChI=1S/C17H25N5O5S2/c1-17(2)16(23)19-5-7-20(17)10-12-11-21(8-6-18-12)29(26,27)15-9-13(22(24)25)3-4-14(15)28/h3,9,12,18H,4-8,10-11H2,1-2H3,(H,19,23)/t12-/m0/s1. The Hall–Kier alpha value is -1.73. The summed E-state index contributed by atoms with van der Waals surface area (Å²) in [6.45, 7) is 6.32. The third-order valence-corrected chi connectivity index (χ3v) is 8.00. The minimum Gasteiger partial charge on any atom is -0.353 e. The van der Waals surface area contributed by atoms with E-state index in [-0.39, 0.29) is 46.9 Å². The van der Waals surface area contributed by atoms with E-state index in [1.165, 1.54) is 10.4 Å². The van der Waals surface area contributed by atoms with E-state index in [9.17, 15) is 23.3 Å². The van der Waals surface area contributed by atoms with E-state index in [1.807, 2.05) is 18.7 Å². The molecular formula is C17H25N5O5S2. The van der Waals surface area contributed by atoms with Gasteiger partial charge in [0.1, 0.15) is 4.91 Å². The molecule has 1 aliphatic carbocycles. The minimum atomic E-state index is -3.94. The van der Waals surface area contributed by atoms with Gasteiger partial charge in [-0.25, -0.2) is 8.42 Å². The van der Waals surface area contributed by atoms with Gasteiger partial charge in [0.2, 0.25) is 15.9 Å². The Kier molecular flexibility index (Phi) is 6.20. The number of carbonyl (C=O) groups excluding carboxylic acids is 1. The molecule has 3 aliphatic rings. The lowest BCUT2D eigenvalue weighted by molar-refractivity contribution is -0.419. The van der Waals surface area contributed by atoms with Gasteiger partial charge in [0.05, 0.1) is 10.5 Å². The highest BCUT2D eigenvalue weighted by Gasteiger charge is 2.40. The molecular weight excluding hydrogens is 418 g/mol. The first kappa shape index (κ1) is 22.0. The van der Waals surface area contributed by atoms with Crippen LogP contribution in [0.15, 0.2) is 22.8 Å². The summed E-state index contributed by atoms with van der Waals surface area (Å²) in [6, 6.07) is -0.174. The van der Waals surface area contributed by atoms with Gasteiger partial charge in [-0.3, -0.25) is 19.8 Å². The summed E-state index contributed by atoms with van der Waals surface area (Å²) in [5.41, 5.74) is -0.940. The number of hydrogen-bond acceptors (Lipinski definition) is 8. The molecule has 2 aliphatic heterocycles. The van der Waals surface area contributed by atoms with Crippen LogP contribution in [0.4, 0.5) is 0 Å². The molecule has 1 amide bonds. The van der Waals surface area contributed by atoms with Crippen LogP contribution in [0.25, 0.3) is 0 Å². The predicted molar refractivity (Wildman–Crippen MR) is 111 cm³/mol. The van der Waals surface area contributed by atoms with Gasteiger partial charge in [0, 0.05) is 62.7 Å². The minimum absolute atomic E-state index is 0.0548. The van der Waals surface area contributed by atoms with E-state index >= 15 is 0 Å². The van der Waals surface area contributed by atoms with Crippen molar-refractivity contribution in [3.8, 4) is 0 Å². The largest absolute Gasteiger partial charge is 0.353 e. The molecule has 0 radical (unpaired) electrons. The second kappa shape index (κ2) is 8.19. The number of nitrogens with one attached hydrogen (secondary N) is 2. The molecule has 1 atom stereocenters. The summed E-state index contributed by atoms with van der Waals surface area (Å²) in [4.78, 5) is 24.7. The van der Waals surface area contributed by atoms with Gasteiger partial charge >= 0.3 is 0 Å². The van der Waals surface area contributed by atoms with Gasteiger partial charge in [-0.2, -0.15) is 4.31 Å². The Morgan fingerprint density at radius 1 is 1.34 bits per heavy atom. The molecule has 29 heavy (non-hydrogen) atoms. The maximum atomic E-state index is 13.2. The van der Waals surface area contributed by atoms with Crippen LogP contribution in [0.2, 0.25) is 0 Å². The normalized spacial score (nSPS) is 26.5. The maximum absolute atomic E-state index is 13.2. The zero-order chi connectivity index (χ0) is 21.4. The molecule has 12 heteroatoms. The second-order valence-corrected chi connectivity index (χ2v) is 10.2. The summed E-state index contributed by atoms with van der Waals surface area (Å²) in [5.74, 6) is -0.0548. The van der Waals surface area contributed by atoms with Crippen LogP contribution in [0.1, 0.15) is 20.3 Å². The van der Waals surface area contributed by atoms with E-state index in [1.54, 1.807) is 0 Å². The maximum Gasteiger partial charge on any atom is 0.267 e. The molecule has 0 aromatic heterocycles. The fourth-order valence-corrected chi connectivity index (χ4v) is 5.81. The Labute approximate surface area is 175 Å². The second-order valence-electron chi connectivity index (χ2n) is 7.80. The van der Waals surface area contributed by atoms with Gasteiger partial charge in [0.25, 0.3) is 5.70 Å². The van der Waals surface area contributed by atoms with Crippen LogP contribution in [-0.2, 0) is 14.8 Å². The lowest BCUT2D eigenvalue weighted by Gasteiger charge is -2.44.